The topological polar surface area (TPSA) is 54.4 Å². The summed E-state index contributed by atoms with van der Waals surface area (Å²) >= 11 is 0. The number of alkyl halides is 2. The second kappa shape index (κ2) is 5.46. The second-order valence-corrected chi connectivity index (χ2v) is 9.46. The summed E-state index contributed by atoms with van der Waals surface area (Å²) in [7, 11) is 0. The lowest BCUT2D eigenvalue weighted by atomic mass is 9.44. The van der Waals surface area contributed by atoms with Gasteiger partial charge in [-0.05, 0) is 62.9 Å². The highest BCUT2D eigenvalue weighted by atomic mass is 19.1. The van der Waals surface area contributed by atoms with Gasteiger partial charge in [-0.2, -0.15) is 0 Å². The Hall–Kier alpha value is -1.10. The lowest BCUT2D eigenvalue weighted by Gasteiger charge is -2.61. The maximum Gasteiger partial charge on any atom is 0.195 e. The minimum Gasteiger partial charge on any atom is -0.381 e. The molecule has 1 N–H and O–H groups in total. The van der Waals surface area contributed by atoms with Crippen LogP contribution in [0.5, 0.6) is 0 Å². The third-order valence-electron chi connectivity index (χ3n) is 8.80. The van der Waals surface area contributed by atoms with Crippen LogP contribution in [0.3, 0.4) is 0 Å². The van der Waals surface area contributed by atoms with E-state index in [9.17, 15) is 19.1 Å². The highest BCUT2D eigenvalue weighted by Crippen LogP contribution is 2.70. The first kappa shape index (κ1) is 18.3. The molecule has 144 valence electrons. The van der Waals surface area contributed by atoms with Crippen molar-refractivity contribution < 1.29 is 23.5 Å². The van der Waals surface area contributed by atoms with Gasteiger partial charge in [0.25, 0.3) is 0 Å². The normalized spacial score (nSPS) is 50.5. The van der Waals surface area contributed by atoms with Crippen LogP contribution < -0.4 is 0 Å². The van der Waals surface area contributed by atoms with Crippen molar-refractivity contribution in [2.45, 2.75) is 76.5 Å². The van der Waals surface area contributed by atoms with Gasteiger partial charge in [-0.1, -0.05) is 19.4 Å². The monoisotopic (exact) mass is 366 g/mol. The van der Waals surface area contributed by atoms with Crippen molar-refractivity contribution >= 4 is 11.6 Å². The number of rotatable bonds is 2. The predicted molar refractivity (Wildman–Crippen MR) is 93.0 cm³/mol. The van der Waals surface area contributed by atoms with E-state index in [-0.39, 0.29) is 30.5 Å². The van der Waals surface area contributed by atoms with Crippen molar-refractivity contribution in [3.05, 3.63) is 11.6 Å². The molecule has 0 bridgehead atoms. The molecule has 3 fully saturated rings. The number of ketones is 2. The Kier molecular flexibility index (Phi) is 3.84. The Morgan fingerprint density at radius 1 is 1.15 bits per heavy atom. The lowest BCUT2D eigenvalue weighted by molar-refractivity contribution is -0.183. The van der Waals surface area contributed by atoms with Crippen LogP contribution in [0.25, 0.3) is 0 Å². The second-order valence-electron chi connectivity index (χ2n) is 9.46. The van der Waals surface area contributed by atoms with Crippen LogP contribution in [-0.2, 0) is 9.59 Å². The minimum atomic E-state index is -1.67. The standard InChI is InChI=1S/C21H28F2O3/c1-18-7-5-14(24)11-13(18)3-4-16-15-6-8-21(26,17(25)12-22)19(15,2)9-10-20(16,18)23/h11,15-16,26H,3-10,12H2,1-2H3/t15-,16-,18-,19-,20+,21-/m0/s1. The SMILES string of the molecule is C[C@]12CCC(=O)C=C1CC[C@H]1[C@@H]3CC[C@](O)(C(=O)CF)[C@@]3(C)CC[C@@]12F. The van der Waals surface area contributed by atoms with Crippen molar-refractivity contribution in [1.82, 2.24) is 0 Å². The Morgan fingerprint density at radius 2 is 1.88 bits per heavy atom. The number of carbonyl (C=O) groups excluding carboxylic acids is 2. The van der Waals surface area contributed by atoms with Gasteiger partial charge in [-0.3, -0.25) is 9.59 Å². The van der Waals surface area contributed by atoms with E-state index in [0.29, 0.717) is 38.5 Å². The molecule has 0 amide bonds. The van der Waals surface area contributed by atoms with E-state index >= 15 is 4.39 Å². The van der Waals surface area contributed by atoms with Crippen LogP contribution in [0.1, 0.15) is 65.2 Å². The molecule has 0 spiro atoms. The van der Waals surface area contributed by atoms with E-state index in [1.165, 1.54) is 0 Å². The van der Waals surface area contributed by atoms with Gasteiger partial charge in [0.05, 0.1) is 0 Å². The summed E-state index contributed by atoms with van der Waals surface area (Å²) in [5.41, 5.74) is -3.57. The Balaban J connectivity index is 1.74. The van der Waals surface area contributed by atoms with Gasteiger partial charge in [0.1, 0.15) is 11.3 Å². The molecule has 0 saturated heterocycles. The van der Waals surface area contributed by atoms with Gasteiger partial charge in [-0.25, -0.2) is 8.78 Å². The van der Waals surface area contributed by atoms with Gasteiger partial charge >= 0.3 is 0 Å². The van der Waals surface area contributed by atoms with Crippen molar-refractivity contribution in [3.63, 3.8) is 0 Å². The molecular weight excluding hydrogens is 338 g/mol. The minimum absolute atomic E-state index is 0.0870. The quantitative estimate of drug-likeness (QED) is 0.807. The molecule has 3 saturated carbocycles. The fourth-order valence-electron chi connectivity index (χ4n) is 7.04. The number of hydrogen-bond donors (Lipinski definition) is 1. The van der Waals surface area contributed by atoms with Gasteiger partial charge in [-0.15, -0.1) is 0 Å². The predicted octanol–water partition coefficient (Wildman–Crippen LogP) is 3.88. The zero-order valence-electron chi connectivity index (χ0n) is 15.6. The molecule has 0 aliphatic heterocycles. The van der Waals surface area contributed by atoms with Crippen molar-refractivity contribution in [1.29, 1.82) is 0 Å². The van der Waals surface area contributed by atoms with Crippen LogP contribution in [-0.4, -0.2) is 34.6 Å². The molecule has 5 heteroatoms. The van der Waals surface area contributed by atoms with E-state index in [0.717, 1.165) is 5.57 Å². The van der Waals surface area contributed by atoms with Crippen molar-refractivity contribution in [2.75, 3.05) is 6.67 Å². The van der Waals surface area contributed by atoms with Gasteiger partial charge in [0.15, 0.2) is 18.2 Å². The van der Waals surface area contributed by atoms with Crippen LogP contribution in [0.15, 0.2) is 11.6 Å². The Labute approximate surface area is 153 Å². The number of hydrogen-bond acceptors (Lipinski definition) is 3. The molecule has 4 rings (SSSR count). The summed E-state index contributed by atoms with van der Waals surface area (Å²) in [4.78, 5) is 24.0. The molecule has 26 heavy (non-hydrogen) atoms. The summed E-state index contributed by atoms with van der Waals surface area (Å²) in [5, 5.41) is 11.1. The number of aliphatic hydroxyl groups is 1. The van der Waals surface area contributed by atoms with E-state index in [1.807, 2.05) is 13.8 Å². The molecular formula is C21H28F2O3. The Morgan fingerprint density at radius 3 is 2.58 bits per heavy atom. The lowest BCUT2D eigenvalue weighted by Crippen LogP contribution is -2.63. The zero-order valence-corrected chi connectivity index (χ0v) is 15.6. The van der Waals surface area contributed by atoms with Gasteiger partial charge in [0, 0.05) is 17.3 Å². The average Bonchev–Trinajstić information content (AvgIpc) is 2.88. The van der Waals surface area contributed by atoms with Crippen LogP contribution in [0.2, 0.25) is 0 Å². The highest BCUT2D eigenvalue weighted by Gasteiger charge is 2.71. The largest absolute Gasteiger partial charge is 0.381 e. The van der Waals surface area contributed by atoms with E-state index < -0.39 is 34.6 Å². The fourth-order valence-corrected chi connectivity index (χ4v) is 7.04. The molecule has 4 aliphatic carbocycles. The first-order valence-electron chi connectivity index (χ1n) is 9.87. The number of halogens is 2. The zero-order chi connectivity index (χ0) is 19.0. The molecule has 0 aromatic heterocycles. The summed E-state index contributed by atoms with van der Waals surface area (Å²) in [6, 6.07) is 0. The molecule has 6 atom stereocenters. The average molecular weight is 366 g/mol. The molecule has 0 radical (unpaired) electrons. The van der Waals surface area contributed by atoms with E-state index in [2.05, 4.69) is 0 Å². The maximum absolute atomic E-state index is 16.6. The van der Waals surface area contributed by atoms with Crippen LogP contribution >= 0.6 is 0 Å². The number of Topliss-reactive ketones (excluding diaryl/α,β-unsaturated/α-hetero) is 1. The summed E-state index contributed by atoms with van der Waals surface area (Å²) in [5.74, 6) is -1.04. The van der Waals surface area contributed by atoms with Crippen molar-refractivity contribution in [2.24, 2.45) is 22.7 Å². The summed E-state index contributed by atoms with van der Waals surface area (Å²) in [6.45, 7) is 2.64. The fraction of sp³-hybridized carbons (Fsp3) is 0.810. The molecule has 0 aromatic rings. The van der Waals surface area contributed by atoms with E-state index in [1.54, 1.807) is 6.08 Å². The van der Waals surface area contributed by atoms with Crippen LogP contribution in [0.4, 0.5) is 8.78 Å². The third kappa shape index (κ3) is 1.96. The number of allylic oxidation sites excluding steroid dienone is 1. The number of fused-ring (bicyclic) bond motifs is 5. The molecule has 0 aromatic carbocycles. The van der Waals surface area contributed by atoms with Gasteiger partial charge in [0.2, 0.25) is 0 Å². The van der Waals surface area contributed by atoms with E-state index in [4.69, 9.17) is 0 Å². The smallest absolute Gasteiger partial charge is 0.195 e. The molecule has 3 nitrogen and oxygen atoms in total. The third-order valence-corrected chi connectivity index (χ3v) is 8.80. The van der Waals surface area contributed by atoms with Crippen molar-refractivity contribution in [3.8, 4) is 0 Å². The maximum atomic E-state index is 16.6. The first-order chi connectivity index (χ1) is 12.1. The molecule has 0 heterocycles. The molecule has 4 aliphatic rings. The van der Waals surface area contributed by atoms with Gasteiger partial charge < -0.3 is 5.11 Å². The summed E-state index contributed by atoms with van der Waals surface area (Å²) in [6.07, 6.45) is 5.31. The van der Waals surface area contributed by atoms with Crippen LogP contribution in [0, 0.1) is 22.7 Å². The first-order valence-corrected chi connectivity index (χ1v) is 9.87. The highest BCUT2D eigenvalue weighted by molar-refractivity contribution is 5.92. The number of carbonyl (C=O) groups is 2. The molecule has 0 unspecified atom stereocenters. The summed E-state index contributed by atoms with van der Waals surface area (Å²) < 4.78 is 29.7. The Bertz CT molecular complexity index is 703.